The summed E-state index contributed by atoms with van der Waals surface area (Å²) >= 11 is 0. The maximum Gasteiger partial charge on any atom is 0.123 e. The van der Waals surface area contributed by atoms with E-state index in [1.54, 1.807) is 0 Å². The van der Waals surface area contributed by atoms with E-state index in [9.17, 15) is 5.11 Å². The van der Waals surface area contributed by atoms with Crippen molar-refractivity contribution < 1.29 is 5.11 Å². The Morgan fingerprint density at radius 1 is 0.864 bits per heavy atom. The number of hydrogen-bond acceptors (Lipinski definition) is 2. The van der Waals surface area contributed by atoms with Gasteiger partial charge in [-0.25, -0.2) is 0 Å². The second-order valence-corrected chi connectivity index (χ2v) is 9.08. The number of phenolic OH excluding ortho intramolecular Hbond substituents is 1. The van der Waals surface area contributed by atoms with Gasteiger partial charge in [0.25, 0.3) is 0 Å². The summed E-state index contributed by atoms with van der Waals surface area (Å²) in [5.74, 6) is 1.07. The molecule has 0 spiro atoms. The van der Waals surface area contributed by atoms with Gasteiger partial charge >= 0.3 is 0 Å². The van der Waals surface area contributed by atoms with Crippen LogP contribution in [0.5, 0.6) is 5.75 Å². The van der Waals surface area contributed by atoms with Gasteiger partial charge in [-0.2, -0.15) is 0 Å². The minimum Gasteiger partial charge on any atom is -0.507 e. The second-order valence-electron chi connectivity index (χ2n) is 9.08. The van der Waals surface area contributed by atoms with E-state index >= 15 is 0 Å². The third kappa shape index (κ3) is 3.65. The molecule has 0 atom stereocenters. The van der Waals surface area contributed by atoms with E-state index in [1.807, 2.05) is 0 Å². The quantitative estimate of drug-likeness (QED) is 0.769. The SMILES string of the molecule is CC(C)(C)c1cc(C2CCC(N)CC2)cc(C(C)(C)C)c1O. The van der Waals surface area contributed by atoms with Crippen LogP contribution >= 0.6 is 0 Å². The number of nitrogens with two attached hydrogens (primary N) is 1. The molecule has 1 saturated carbocycles. The molecule has 1 aliphatic carbocycles. The Bertz CT molecular complexity index is 491. The Morgan fingerprint density at radius 2 is 1.27 bits per heavy atom. The zero-order chi connectivity index (χ0) is 16.7. The van der Waals surface area contributed by atoms with Crippen molar-refractivity contribution in [3.05, 3.63) is 28.8 Å². The van der Waals surface area contributed by atoms with Gasteiger partial charge in [0.2, 0.25) is 0 Å². The lowest BCUT2D eigenvalue weighted by Gasteiger charge is -2.32. The van der Waals surface area contributed by atoms with Gasteiger partial charge in [0, 0.05) is 6.04 Å². The zero-order valence-electron chi connectivity index (χ0n) is 15.2. The molecule has 1 aromatic carbocycles. The van der Waals surface area contributed by atoms with E-state index in [0.29, 0.717) is 17.7 Å². The summed E-state index contributed by atoms with van der Waals surface area (Å²) in [7, 11) is 0. The monoisotopic (exact) mass is 303 g/mol. The van der Waals surface area contributed by atoms with Gasteiger partial charge in [0.15, 0.2) is 0 Å². The Labute approximate surface area is 136 Å². The van der Waals surface area contributed by atoms with Crippen LogP contribution in [0.2, 0.25) is 0 Å². The molecular formula is C20H33NO. The summed E-state index contributed by atoms with van der Waals surface area (Å²) in [4.78, 5) is 0. The van der Waals surface area contributed by atoms with Crippen molar-refractivity contribution in [2.45, 2.75) is 90.0 Å². The maximum atomic E-state index is 10.8. The van der Waals surface area contributed by atoms with Gasteiger partial charge in [-0.15, -0.1) is 0 Å². The molecular weight excluding hydrogens is 270 g/mol. The van der Waals surface area contributed by atoms with Gasteiger partial charge in [0.05, 0.1) is 0 Å². The molecule has 0 aliphatic heterocycles. The smallest absolute Gasteiger partial charge is 0.123 e. The summed E-state index contributed by atoms with van der Waals surface area (Å²) in [5, 5.41) is 10.8. The first-order valence-electron chi connectivity index (χ1n) is 8.63. The van der Waals surface area contributed by atoms with Gasteiger partial charge in [-0.3, -0.25) is 0 Å². The molecule has 1 aliphatic rings. The van der Waals surface area contributed by atoms with Gasteiger partial charge in [0.1, 0.15) is 5.75 Å². The fraction of sp³-hybridized carbons (Fsp3) is 0.700. The summed E-state index contributed by atoms with van der Waals surface area (Å²) in [5.41, 5.74) is 9.49. The van der Waals surface area contributed by atoms with Crippen LogP contribution in [0.1, 0.15) is 89.8 Å². The lowest BCUT2D eigenvalue weighted by molar-refractivity contribution is 0.390. The third-order valence-electron chi connectivity index (χ3n) is 4.99. The fourth-order valence-electron chi connectivity index (χ4n) is 3.49. The topological polar surface area (TPSA) is 46.2 Å². The normalized spacial score (nSPS) is 23.6. The molecule has 3 N–H and O–H groups in total. The first-order valence-corrected chi connectivity index (χ1v) is 8.63. The van der Waals surface area contributed by atoms with Crippen LogP contribution in [0.25, 0.3) is 0 Å². The van der Waals surface area contributed by atoms with Crippen molar-refractivity contribution in [3.63, 3.8) is 0 Å². The largest absolute Gasteiger partial charge is 0.507 e. The third-order valence-corrected chi connectivity index (χ3v) is 4.99. The highest BCUT2D eigenvalue weighted by atomic mass is 16.3. The molecule has 2 nitrogen and oxygen atoms in total. The number of benzene rings is 1. The molecule has 0 radical (unpaired) electrons. The molecule has 2 rings (SSSR count). The van der Waals surface area contributed by atoms with Crippen LogP contribution in [-0.4, -0.2) is 11.1 Å². The van der Waals surface area contributed by atoms with E-state index in [-0.39, 0.29) is 10.8 Å². The van der Waals surface area contributed by atoms with Crippen LogP contribution < -0.4 is 5.73 Å². The Kier molecular flexibility index (Phi) is 4.64. The van der Waals surface area contributed by atoms with Crippen molar-refractivity contribution in [2.24, 2.45) is 5.73 Å². The zero-order valence-corrected chi connectivity index (χ0v) is 15.2. The first kappa shape index (κ1) is 17.3. The number of rotatable bonds is 1. The molecule has 22 heavy (non-hydrogen) atoms. The lowest BCUT2D eigenvalue weighted by Crippen LogP contribution is -2.26. The van der Waals surface area contributed by atoms with Crippen molar-refractivity contribution in [3.8, 4) is 5.75 Å². The van der Waals surface area contributed by atoms with Crippen molar-refractivity contribution in [1.82, 2.24) is 0 Å². The lowest BCUT2D eigenvalue weighted by atomic mass is 9.74. The number of aromatic hydroxyl groups is 1. The van der Waals surface area contributed by atoms with Gasteiger partial charge < -0.3 is 10.8 Å². The molecule has 0 aromatic heterocycles. The second kappa shape index (κ2) is 5.88. The van der Waals surface area contributed by atoms with Gasteiger partial charge in [-0.05, 0) is 59.1 Å². The average molecular weight is 303 g/mol. The van der Waals surface area contributed by atoms with E-state index in [1.165, 1.54) is 18.4 Å². The molecule has 0 unspecified atom stereocenters. The predicted molar refractivity (Wildman–Crippen MR) is 94.7 cm³/mol. The number of phenols is 1. The minimum absolute atomic E-state index is 0.0504. The van der Waals surface area contributed by atoms with Crippen LogP contribution in [0.15, 0.2) is 12.1 Å². The highest BCUT2D eigenvalue weighted by Gasteiger charge is 2.29. The van der Waals surface area contributed by atoms with E-state index in [2.05, 4.69) is 53.7 Å². The minimum atomic E-state index is -0.0504. The first-order chi connectivity index (χ1) is 10.00. The van der Waals surface area contributed by atoms with Crippen LogP contribution in [-0.2, 0) is 10.8 Å². The predicted octanol–water partition coefficient (Wildman–Crippen LogP) is 4.97. The number of hydrogen-bond donors (Lipinski definition) is 2. The van der Waals surface area contributed by atoms with Crippen molar-refractivity contribution in [2.75, 3.05) is 0 Å². The van der Waals surface area contributed by atoms with Crippen LogP contribution in [0.3, 0.4) is 0 Å². The van der Waals surface area contributed by atoms with Crippen molar-refractivity contribution in [1.29, 1.82) is 0 Å². The average Bonchev–Trinajstić information content (AvgIpc) is 2.37. The van der Waals surface area contributed by atoms with E-state index in [4.69, 9.17) is 5.73 Å². The van der Waals surface area contributed by atoms with E-state index < -0.39 is 0 Å². The summed E-state index contributed by atoms with van der Waals surface area (Å²) in [6.07, 6.45) is 4.56. The highest BCUT2D eigenvalue weighted by Crippen LogP contribution is 2.43. The van der Waals surface area contributed by atoms with Crippen LogP contribution in [0, 0.1) is 0 Å². The van der Waals surface area contributed by atoms with Gasteiger partial charge in [-0.1, -0.05) is 53.7 Å². The molecule has 0 amide bonds. The molecule has 1 aromatic rings. The highest BCUT2D eigenvalue weighted by molar-refractivity contribution is 5.50. The Hall–Kier alpha value is -1.02. The molecule has 2 heteroatoms. The molecule has 0 saturated heterocycles. The molecule has 0 bridgehead atoms. The molecule has 0 heterocycles. The summed E-state index contributed by atoms with van der Waals surface area (Å²) in [6, 6.07) is 4.86. The van der Waals surface area contributed by atoms with Crippen molar-refractivity contribution >= 4 is 0 Å². The fourth-order valence-corrected chi connectivity index (χ4v) is 3.49. The standard InChI is InChI=1S/C20H33NO/c1-19(2,3)16-11-14(13-7-9-15(21)10-8-13)12-17(18(16)22)20(4,5)6/h11-13,15,22H,7-10,21H2,1-6H3. The summed E-state index contributed by atoms with van der Waals surface area (Å²) in [6.45, 7) is 13.1. The van der Waals surface area contributed by atoms with Crippen LogP contribution in [0.4, 0.5) is 0 Å². The Morgan fingerprint density at radius 3 is 1.64 bits per heavy atom. The maximum absolute atomic E-state index is 10.8. The molecule has 1 fully saturated rings. The molecule has 124 valence electrons. The van der Waals surface area contributed by atoms with E-state index in [0.717, 1.165) is 24.0 Å². The Balaban J connectivity index is 2.51. The summed E-state index contributed by atoms with van der Waals surface area (Å²) < 4.78 is 0.